The van der Waals surface area contributed by atoms with Gasteiger partial charge in [0, 0.05) is 10.4 Å². The van der Waals surface area contributed by atoms with Crippen LogP contribution in [0.25, 0.3) is 21.2 Å². The highest BCUT2D eigenvalue weighted by molar-refractivity contribution is 7.22. The number of carbonyl (C=O) groups excluding carboxylic acids is 1. The quantitative estimate of drug-likeness (QED) is 0.523. The van der Waals surface area contributed by atoms with Gasteiger partial charge in [0.1, 0.15) is 11.1 Å². The number of fused-ring (bicyclic) bond motifs is 2. The van der Waals surface area contributed by atoms with E-state index in [0.29, 0.717) is 21.1 Å². The number of carbonyl (C=O) groups is 1. The number of aryl methyl sites for hydroxylation is 1. The third-order valence-corrected chi connectivity index (χ3v) is 5.20. The molecule has 0 aliphatic carbocycles. The second kappa shape index (κ2) is 5.98. The van der Waals surface area contributed by atoms with E-state index in [1.54, 1.807) is 24.3 Å². The molecular weight excluding hydrogens is 360 g/mol. The Morgan fingerprint density at radius 1 is 1.24 bits per heavy atom. The van der Waals surface area contributed by atoms with Crippen molar-refractivity contribution in [2.75, 3.05) is 5.32 Å². The summed E-state index contributed by atoms with van der Waals surface area (Å²) in [6.45, 7) is 1.87. The molecule has 2 aromatic heterocycles. The molecule has 2 aromatic carbocycles. The number of nitrogens with one attached hydrogen (secondary N) is 1. The molecule has 4 rings (SSSR count). The fraction of sp³-hybridized carbons (Fsp3) is 0.0556. The maximum Gasteiger partial charge on any atom is 0.349 e. The van der Waals surface area contributed by atoms with Gasteiger partial charge in [-0.05, 0) is 36.8 Å². The van der Waals surface area contributed by atoms with Crippen LogP contribution in [0.2, 0.25) is 5.02 Å². The lowest BCUT2D eigenvalue weighted by atomic mass is 10.2. The van der Waals surface area contributed by atoms with Crippen LogP contribution in [0.15, 0.2) is 51.7 Å². The number of nitrogens with zero attached hydrogens (tertiary/aromatic N) is 1. The van der Waals surface area contributed by atoms with Crippen molar-refractivity contribution in [3.8, 4) is 0 Å². The van der Waals surface area contributed by atoms with Crippen LogP contribution in [0.4, 0.5) is 5.13 Å². The average molecular weight is 371 g/mol. The molecule has 4 aromatic rings. The fourth-order valence-electron chi connectivity index (χ4n) is 2.54. The topological polar surface area (TPSA) is 72.2 Å². The van der Waals surface area contributed by atoms with E-state index in [-0.39, 0.29) is 5.56 Å². The van der Waals surface area contributed by atoms with E-state index < -0.39 is 11.5 Å². The Morgan fingerprint density at radius 2 is 2.04 bits per heavy atom. The standard InChI is InChI=1S/C18H11ClN2O3S/c1-9-12(19)6-7-14-15(9)20-18(25-14)21-16(22)11-8-10-4-2-3-5-13(10)24-17(11)23/h2-8H,1H3,(H,20,21,22). The molecule has 1 N–H and O–H groups in total. The van der Waals surface area contributed by atoms with E-state index in [1.165, 1.54) is 17.4 Å². The van der Waals surface area contributed by atoms with Gasteiger partial charge in [-0.25, -0.2) is 9.78 Å². The summed E-state index contributed by atoms with van der Waals surface area (Å²) >= 11 is 7.42. The number of benzene rings is 2. The van der Waals surface area contributed by atoms with Crippen LogP contribution >= 0.6 is 22.9 Å². The molecule has 0 saturated carbocycles. The van der Waals surface area contributed by atoms with Crippen molar-refractivity contribution in [3.05, 3.63) is 69.0 Å². The lowest BCUT2D eigenvalue weighted by Gasteiger charge is -2.02. The molecule has 2 heterocycles. The lowest BCUT2D eigenvalue weighted by Crippen LogP contribution is -2.20. The molecule has 1 amide bonds. The van der Waals surface area contributed by atoms with Gasteiger partial charge in [0.25, 0.3) is 5.91 Å². The van der Waals surface area contributed by atoms with Crippen LogP contribution < -0.4 is 10.9 Å². The number of anilines is 1. The van der Waals surface area contributed by atoms with Gasteiger partial charge >= 0.3 is 5.63 Å². The van der Waals surface area contributed by atoms with Crippen LogP contribution in [0.1, 0.15) is 15.9 Å². The average Bonchev–Trinajstić information content (AvgIpc) is 3.01. The summed E-state index contributed by atoms with van der Waals surface area (Å²) < 4.78 is 6.10. The first-order valence-corrected chi connectivity index (χ1v) is 8.62. The highest BCUT2D eigenvalue weighted by atomic mass is 35.5. The minimum absolute atomic E-state index is 0.0623. The van der Waals surface area contributed by atoms with Crippen molar-refractivity contribution < 1.29 is 9.21 Å². The summed E-state index contributed by atoms with van der Waals surface area (Å²) in [5.74, 6) is -0.553. The molecule has 124 valence electrons. The number of hydrogen-bond acceptors (Lipinski definition) is 5. The van der Waals surface area contributed by atoms with E-state index in [0.717, 1.165) is 15.8 Å². The van der Waals surface area contributed by atoms with Crippen molar-refractivity contribution in [2.45, 2.75) is 6.92 Å². The van der Waals surface area contributed by atoms with Crippen LogP contribution in [0, 0.1) is 6.92 Å². The summed E-state index contributed by atoms with van der Waals surface area (Å²) in [4.78, 5) is 29.0. The number of halogens is 1. The van der Waals surface area contributed by atoms with Gasteiger partial charge in [0.15, 0.2) is 5.13 Å². The number of hydrogen-bond donors (Lipinski definition) is 1. The number of rotatable bonds is 2. The van der Waals surface area contributed by atoms with E-state index in [9.17, 15) is 9.59 Å². The zero-order valence-electron chi connectivity index (χ0n) is 13.0. The molecule has 0 saturated heterocycles. The van der Waals surface area contributed by atoms with Crippen molar-refractivity contribution in [3.63, 3.8) is 0 Å². The van der Waals surface area contributed by atoms with E-state index >= 15 is 0 Å². The molecule has 7 heteroatoms. The summed E-state index contributed by atoms with van der Waals surface area (Å²) in [5, 5.41) is 4.36. The minimum atomic E-state index is -0.684. The molecule has 25 heavy (non-hydrogen) atoms. The van der Waals surface area contributed by atoms with Crippen LogP contribution in [0.5, 0.6) is 0 Å². The normalized spacial score (nSPS) is 11.1. The Kier molecular flexibility index (Phi) is 3.78. The highest BCUT2D eigenvalue weighted by Gasteiger charge is 2.16. The van der Waals surface area contributed by atoms with Gasteiger partial charge in [0.05, 0.1) is 10.2 Å². The second-order valence-corrected chi connectivity index (χ2v) is 6.92. The van der Waals surface area contributed by atoms with Gasteiger partial charge < -0.3 is 4.42 Å². The van der Waals surface area contributed by atoms with E-state index in [1.807, 2.05) is 19.1 Å². The molecule has 0 atom stereocenters. The Hall–Kier alpha value is -2.70. The molecule has 0 fully saturated rings. The first kappa shape index (κ1) is 15.8. The van der Waals surface area contributed by atoms with Gasteiger partial charge in [-0.1, -0.05) is 41.1 Å². The maximum absolute atomic E-state index is 12.5. The molecule has 0 unspecified atom stereocenters. The zero-order chi connectivity index (χ0) is 17.6. The third kappa shape index (κ3) is 2.79. The van der Waals surface area contributed by atoms with Gasteiger partial charge in [0.2, 0.25) is 0 Å². The monoisotopic (exact) mass is 370 g/mol. The van der Waals surface area contributed by atoms with E-state index in [4.69, 9.17) is 16.0 Å². The molecule has 0 aliphatic heterocycles. The summed E-state index contributed by atoms with van der Waals surface area (Å²) in [5.41, 5.74) is 1.28. The molecule has 5 nitrogen and oxygen atoms in total. The predicted octanol–water partition coefficient (Wildman–Crippen LogP) is 4.62. The Bertz CT molecular complexity index is 1200. The summed E-state index contributed by atoms with van der Waals surface area (Å²) in [6, 6.07) is 12.2. The second-order valence-electron chi connectivity index (χ2n) is 5.48. The van der Waals surface area contributed by atoms with Crippen LogP contribution in [-0.4, -0.2) is 10.9 Å². The molecule has 0 spiro atoms. The SMILES string of the molecule is Cc1c(Cl)ccc2sc(NC(=O)c3cc4ccccc4oc3=O)nc12. The first-order valence-electron chi connectivity index (χ1n) is 7.43. The highest BCUT2D eigenvalue weighted by Crippen LogP contribution is 2.31. The number of para-hydroxylation sites is 1. The minimum Gasteiger partial charge on any atom is -0.422 e. The number of aromatic nitrogens is 1. The van der Waals surface area contributed by atoms with Crippen molar-refractivity contribution in [2.24, 2.45) is 0 Å². The van der Waals surface area contributed by atoms with Crippen molar-refractivity contribution in [1.29, 1.82) is 0 Å². The van der Waals surface area contributed by atoms with Crippen LogP contribution in [-0.2, 0) is 0 Å². The summed E-state index contributed by atoms with van der Waals surface area (Å²) in [7, 11) is 0. The van der Waals surface area contributed by atoms with Gasteiger partial charge in [-0.15, -0.1) is 0 Å². The largest absolute Gasteiger partial charge is 0.422 e. The molecule has 0 aliphatic rings. The molecular formula is C18H11ClN2O3S. The first-order chi connectivity index (χ1) is 12.0. The van der Waals surface area contributed by atoms with Crippen molar-refractivity contribution >= 4 is 55.2 Å². The van der Waals surface area contributed by atoms with Gasteiger partial charge in [-0.3, -0.25) is 10.1 Å². The molecule has 0 bridgehead atoms. The van der Waals surface area contributed by atoms with E-state index in [2.05, 4.69) is 10.3 Å². The maximum atomic E-state index is 12.5. The predicted molar refractivity (Wildman–Crippen MR) is 99.8 cm³/mol. The number of amides is 1. The Morgan fingerprint density at radius 3 is 2.88 bits per heavy atom. The summed E-state index contributed by atoms with van der Waals surface area (Å²) in [6.07, 6.45) is 0. The smallest absolute Gasteiger partial charge is 0.349 e. The van der Waals surface area contributed by atoms with Crippen molar-refractivity contribution in [1.82, 2.24) is 4.98 Å². The number of thiazole rings is 1. The van der Waals surface area contributed by atoms with Gasteiger partial charge in [-0.2, -0.15) is 0 Å². The lowest BCUT2D eigenvalue weighted by molar-refractivity contribution is 0.102. The Balaban J connectivity index is 1.72. The third-order valence-electron chi connectivity index (χ3n) is 3.85. The Labute approximate surface area is 150 Å². The fourth-order valence-corrected chi connectivity index (χ4v) is 3.61. The molecule has 0 radical (unpaired) electrons. The zero-order valence-corrected chi connectivity index (χ0v) is 14.6. The van der Waals surface area contributed by atoms with Crippen LogP contribution in [0.3, 0.4) is 0 Å².